The van der Waals surface area contributed by atoms with Gasteiger partial charge in [-0.15, -0.1) is 0 Å². The summed E-state index contributed by atoms with van der Waals surface area (Å²) in [6, 6.07) is 25.7. The highest BCUT2D eigenvalue weighted by Crippen LogP contribution is 2.41. The average Bonchev–Trinajstić information content (AvgIpc) is 2.72. The standard InChI is InChI=1S/C28H35NO/c1-26(2,3)21-12-16-23(17-13-21)28(30,25(29)20-10-8-7-9-11-20)24-18-14-22(15-19-24)27(4,5)6/h7-19,25,30H,29H2,1-6H3/t25-/m1/s1. The summed E-state index contributed by atoms with van der Waals surface area (Å²) in [7, 11) is 0. The minimum atomic E-state index is -1.34. The van der Waals surface area contributed by atoms with Crippen molar-refractivity contribution < 1.29 is 5.11 Å². The SMILES string of the molecule is CC(C)(C)c1ccc(C(O)(c2ccc(C(C)(C)C)cc2)[C@H](N)c2ccccc2)cc1. The maximum Gasteiger partial charge on any atom is 0.134 e. The van der Waals surface area contributed by atoms with Gasteiger partial charge in [-0.1, -0.05) is 120 Å². The van der Waals surface area contributed by atoms with Gasteiger partial charge in [0, 0.05) is 0 Å². The molecule has 0 amide bonds. The maximum absolute atomic E-state index is 12.1. The van der Waals surface area contributed by atoms with Crippen LogP contribution in [0.1, 0.15) is 75.4 Å². The van der Waals surface area contributed by atoms with Gasteiger partial charge in [0.2, 0.25) is 0 Å². The van der Waals surface area contributed by atoms with E-state index in [1.54, 1.807) is 0 Å². The van der Waals surface area contributed by atoms with Crippen LogP contribution in [0, 0.1) is 0 Å². The van der Waals surface area contributed by atoms with Crippen molar-refractivity contribution in [1.82, 2.24) is 0 Å². The van der Waals surface area contributed by atoms with E-state index in [1.807, 2.05) is 54.6 Å². The summed E-state index contributed by atoms with van der Waals surface area (Å²) in [6.07, 6.45) is 0. The van der Waals surface area contributed by atoms with Crippen LogP contribution >= 0.6 is 0 Å². The van der Waals surface area contributed by atoms with Gasteiger partial charge in [0.25, 0.3) is 0 Å². The fourth-order valence-electron chi connectivity index (χ4n) is 3.88. The van der Waals surface area contributed by atoms with Crippen LogP contribution in [0.3, 0.4) is 0 Å². The fourth-order valence-corrected chi connectivity index (χ4v) is 3.88. The smallest absolute Gasteiger partial charge is 0.134 e. The molecule has 0 radical (unpaired) electrons. The largest absolute Gasteiger partial charge is 0.378 e. The first-order valence-corrected chi connectivity index (χ1v) is 10.7. The Kier molecular flexibility index (Phi) is 5.95. The van der Waals surface area contributed by atoms with E-state index in [0.29, 0.717) is 0 Å². The topological polar surface area (TPSA) is 46.2 Å². The van der Waals surface area contributed by atoms with Gasteiger partial charge < -0.3 is 10.8 Å². The van der Waals surface area contributed by atoms with Crippen molar-refractivity contribution in [2.24, 2.45) is 5.73 Å². The zero-order valence-corrected chi connectivity index (χ0v) is 19.1. The molecule has 3 rings (SSSR count). The van der Waals surface area contributed by atoms with E-state index in [0.717, 1.165) is 16.7 Å². The van der Waals surface area contributed by atoms with E-state index in [-0.39, 0.29) is 10.8 Å². The van der Waals surface area contributed by atoms with Crippen molar-refractivity contribution in [3.05, 3.63) is 107 Å². The highest BCUT2D eigenvalue weighted by atomic mass is 16.3. The minimum absolute atomic E-state index is 0.0482. The van der Waals surface area contributed by atoms with Crippen molar-refractivity contribution in [2.45, 2.75) is 64.0 Å². The molecule has 2 heteroatoms. The van der Waals surface area contributed by atoms with Gasteiger partial charge in [-0.2, -0.15) is 0 Å². The van der Waals surface area contributed by atoms with Gasteiger partial charge in [0.05, 0.1) is 6.04 Å². The van der Waals surface area contributed by atoms with Crippen LogP contribution in [0.15, 0.2) is 78.9 Å². The lowest BCUT2D eigenvalue weighted by atomic mass is 9.75. The molecule has 0 aromatic heterocycles. The van der Waals surface area contributed by atoms with Gasteiger partial charge in [0.1, 0.15) is 5.60 Å². The Labute approximate surface area is 181 Å². The minimum Gasteiger partial charge on any atom is -0.378 e. The van der Waals surface area contributed by atoms with Crippen molar-refractivity contribution in [3.8, 4) is 0 Å². The summed E-state index contributed by atoms with van der Waals surface area (Å²) in [5.74, 6) is 0. The van der Waals surface area contributed by atoms with Crippen molar-refractivity contribution >= 4 is 0 Å². The first-order valence-electron chi connectivity index (χ1n) is 10.7. The fraction of sp³-hybridized carbons (Fsp3) is 0.357. The van der Waals surface area contributed by atoms with Crippen LogP contribution in [-0.4, -0.2) is 5.11 Å². The Morgan fingerprint density at radius 1 is 0.567 bits per heavy atom. The van der Waals surface area contributed by atoms with Crippen LogP contribution in [-0.2, 0) is 16.4 Å². The van der Waals surface area contributed by atoms with Crippen molar-refractivity contribution in [2.75, 3.05) is 0 Å². The number of hydrogen-bond acceptors (Lipinski definition) is 2. The summed E-state index contributed by atoms with van der Waals surface area (Å²) >= 11 is 0. The second-order valence-electron chi connectivity index (χ2n) is 10.3. The summed E-state index contributed by atoms with van der Waals surface area (Å²) in [4.78, 5) is 0. The lowest BCUT2D eigenvalue weighted by Crippen LogP contribution is -2.40. The van der Waals surface area contributed by atoms with E-state index in [1.165, 1.54) is 11.1 Å². The molecule has 2 nitrogen and oxygen atoms in total. The molecule has 30 heavy (non-hydrogen) atoms. The van der Waals surface area contributed by atoms with Crippen LogP contribution < -0.4 is 5.73 Å². The third kappa shape index (κ3) is 4.35. The molecule has 3 N–H and O–H groups in total. The van der Waals surface area contributed by atoms with Gasteiger partial charge >= 0.3 is 0 Å². The lowest BCUT2D eigenvalue weighted by molar-refractivity contribution is 0.0511. The van der Waals surface area contributed by atoms with Crippen LogP contribution in [0.25, 0.3) is 0 Å². The molecule has 0 spiro atoms. The molecule has 0 aliphatic rings. The highest BCUT2D eigenvalue weighted by molar-refractivity contribution is 5.44. The quantitative estimate of drug-likeness (QED) is 0.545. The molecular weight excluding hydrogens is 366 g/mol. The molecule has 3 aromatic carbocycles. The van der Waals surface area contributed by atoms with Crippen molar-refractivity contribution in [3.63, 3.8) is 0 Å². The second kappa shape index (κ2) is 8.02. The Bertz CT molecular complexity index is 901. The van der Waals surface area contributed by atoms with E-state index >= 15 is 0 Å². The molecule has 0 heterocycles. The van der Waals surface area contributed by atoms with E-state index < -0.39 is 11.6 Å². The summed E-state index contributed by atoms with van der Waals surface area (Å²) in [5.41, 5.74) is 10.5. The number of rotatable bonds is 4. The number of benzene rings is 3. The molecule has 0 aliphatic carbocycles. The first kappa shape index (κ1) is 22.3. The highest BCUT2D eigenvalue weighted by Gasteiger charge is 2.39. The molecule has 0 saturated heterocycles. The molecule has 1 atom stereocenters. The Hall–Kier alpha value is -2.42. The Balaban J connectivity index is 2.14. The number of hydrogen-bond donors (Lipinski definition) is 2. The third-order valence-electron chi connectivity index (χ3n) is 5.99. The van der Waals surface area contributed by atoms with Crippen LogP contribution in [0.5, 0.6) is 0 Å². The first-order chi connectivity index (χ1) is 13.9. The molecule has 0 unspecified atom stereocenters. The number of nitrogens with two attached hydrogens (primary N) is 1. The molecule has 158 valence electrons. The predicted octanol–water partition coefficient (Wildman–Crippen LogP) is 6.22. The van der Waals surface area contributed by atoms with Crippen LogP contribution in [0.4, 0.5) is 0 Å². The molecule has 3 aromatic rings. The molecule has 0 aliphatic heterocycles. The molecule has 0 saturated carbocycles. The molecule has 0 fully saturated rings. The van der Waals surface area contributed by atoms with Gasteiger partial charge in [-0.25, -0.2) is 0 Å². The van der Waals surface area contributed by atoms with Crippen LogP contribution in [0.2, 0.25) is 0 Å². The lowest BCUT2D eigenvalue weighted by Gasteiger charge is -2.36. The van der Waals surface area contributed by atoms with Gasteiger partial charge in [-0.3, -0.25) is 0 Å². The zero-order chi connectivity index (χ0) is 22.2. The van der Waals surface area contributed by atoms with E-state index in [9.17, 15) is 5.11 Å². The maximum atomic E-state index is 12.1. The van der Waals surface area contributed by atoms with Gasteiger partial charge in [-0.05, 0) is 38.6 Å². The third-order valence-corrected chi connectivity index (χ3v) is 5.99. The average molecular weight is 402 g/mol. The van der Waals surface area contributed by atoms with Gasteiger partial charge in [0.15, 0.2) is 0 Å². The summed E-state index contributed by atoms with van der Waals surface area (Å²) in [5, 5.41) is 12.1. The zero-order valence-electron chi connectivity index (χ0n) is 19.1. The summed E-state index contributed by atoms with van der Waals surface area (Å²) < 4.78 is 0. The normalized spacial score (nSPS) is 13.9. The van der Waals surface area contributed by atoms with E-state index in [4.69, 9.17) is 5.73 Å². The Morgan fingerprint density at radius 2 is 0.900 bits per heavy atom. The summed E-state index contributed by atoms with van der Waals surface area (Å²) in [6.45, 7) is 13.1. The molecular formula is C28H35NO. The van der Waals surface area contributed by atoms with E-state index in [2.05, 4.69) is 65.8 Å². The van der Waals surface area contributed by atoms with Crippen molar-refractivity contribution in [1.29, 1.82) is 0 Å². The monoisotopic (exact) mass is 401 g/mol. The molecule has 0 bridgehead atoms. The predicted molar refractivity (Wildman–Crippen MR) is 127 cm³/mol. The second-order valence-corrected chi connectivity index (χ2v) is 10.3. The number of aliphatic hydroxyl groups is 1. The Morgan fingerprint density at radius 3 is 1.23 bits per heavy atom.